The molecule has 1 fully saturated rings. The minimum Gasteiger partial charge on any atom is -0.294 e. The Morgan fingerprint density at radius 1 is 1.06 bits per heavy atom. The van der Waals surface area contributed by atoms with Gasteiger partial charge in [0, 0.05) is 31.4 Å². The monoisotopic (exact) mass is 245 g/mol. The van der Waals surface area contributed by atoms with Crippen LogP contribution in [0.1, 0.15) is 36.0 Å². The minimum atomic E-state index is -0.160. The van der Waals surface area contributed by atoms with E-state index in [0.29, 0.717) is 24.8 Å². The van der Waals surface area contributed by atoms with Gasteiger partial charge in [-0.05, 0) is 6.42 Å². The Kier molecular flexibility index (Phi) is 3.87. The molecule has 94 valence electrons. The molecular formula is C14H15NO3. The third kappa shape index (κ3) is 2.83. The lowest BCUT2D eigenvalue weighted by molar-refractivity contribution is -0.147. The molecule has 0 spiro atoms. The molecule has 1 saturated heterocycles. The number of nitrogens with zero attached hydrogens (tertiary/aromatic N) is 1. The van der Waals surface area contributed by atoms with Gasteiger partial charge in [0.15, 0.2) is 5.78 Å². The molecule has 1 heterocycles. The average molecular weight is 245 g/mol. The first-order valence-electron chi connectivity index (χ1n) is 6.10. The lowest BCUT2D eigenvalue weighted by Crippen LogP contribution is -2.41. The Labute approximate surface area is 106 Å². The molecule has 0 N–H and O–H groups in total. The molecule has 0 bridgehead atoms. The topological polar surface area (TPSA) is 54.5 Å². The van der Waals surface area contributed by atoms with Crippen molar-refractivity contribution in [2.45, 2.75) is 25.7 Å². The van der Waals surface area contributed by atoms with Crippen LogP contribution in [0.4, 0.5) is 0 Å². The van der Waals surface area contributed by atoms with Gasteiger partial charge < -0.3 is 0 Å². The number of amides is 2. The second kappa shape index (κ2) is 5.58. The Morgan fingerprint density at radius 3 is 2.28 bits per heavy atom. The fourth-order valence-electron chi connectivity index (χ4n) is 2.03. The molecule has 0 radical (unpaired) electrons. The predicted molar refractivity (Wildman–Crippen MR) is 66.0 cm³/mol. The molecule has 0 unspecified atom stereocenters. The number of carbonyl (C=O) groups is 3. The molecule has 4 heteroatoms. The van der Waals surface area contributed by atoms with Gasteiger partial charge in [0.25, 0.3) is 0 Å². The highest BCUT2D eigenvalue weighted by molar-refractivity contribution is 5.99. The van der Waals surface area contributed by atoms with Crippen molar-refractivity contribution in [3.63, 3.8) is 0 Å². The molecule has 18 heavy (non-hydrogen) atoms. The molecule has 1 aliphatic heterocycles. The summed E-state index contributed by atoms with van der Waals surface area (Å²) >= 11 is 0. The standard InChI is InChI=1S/C14H15NO3/c16-12(11-5-2-1-3-6-11)9-10-15-13(17)7-4-8-14(15)18/h1-3,5-6H,4,7-10H2. The van der Waals surface area contributed by atoms with Crippen LogP contribution in [-0.4, -0.2) is 29.0 Å². The van der Waals surface area contributed by atoms with Crippen molar-refractivity contribution in [2.75, 3.05) is 6.54 Å². The fourth-order valence-corrected chi connectivity index (χ4v) is 2.03. The lowest BCUT2D eigenvalue weighted by atomic mass is 10.1. The number of rotatable bonds is 4. The third-order valence-electron chi connectivity index (χ3n) is 3.04. The molecule has 0 atom stereocenters. The normalized spacial score (nSPS) is 15.9. The summed E-state index contributed by atoms with van der Waals surface area (Å²) in [7, 11) is 0. The number of ketones is 1. The van der Waals surface area contributed by atoms with Crippen LogP contribution in [0.5, 0.6) is 0 Å². The number of hydrogen-bond acceptors (Lipinski definition) is 3. The van der Waals surface area contributed by atoms with E-state index in [0.717, 1.165) is 0 Å². The van der Waals surface area contributed by atoms with Crippen molar-refractivity contribution in [1.29, 1.82) is 0 Å². The Bertz CT molecular complexity index is 451. The second-order valence-electron chi connectivity index (χ2n) is 4.33. The lowest BCUT2D eigenvalue weighted by Gasteiger charge is -2.24. The maximum Gasteiger partial charge on any atom is 0.229 e. The molecule has 0 aromatic heterocycles. The zero-order valence-electron chi connectivity index (χ0n) is 10.1. The number of likely N-dealkylation sites (tertiary alicyclic amines) is 1. The highest BCUT2D eigenvalue weighted by Gasteiger charge is 2.25. The van der Waals surface area contributed by atoms with E-state index in [4.69, 9.17) is 0 Å². The minimum absolute atomic E-state index is 0.0400. The van der Waals surface area contributed by atoms with Crippen LogP contribution < -0.4 is 0 Å². The Morgan fingerprint density at radius 2 is 1.67 bits per heavy atom. The fraction of sp³-hybridized carbons (Fsp3) is 0.357. The smallest absolute Gasteiger partial charge is 0.229 e. The summed E-state index contributed by atoms with van der Waals surface area (Å²) in [4.78, 5) is 36.2. The number of piperidine rings is 1. The second-order valence-corrected chi connectivity index (χ2v) is 4.33. The van der Waals surface area contributed by atoms with Crippen molar-refractivity contribution in [2.24, 2.45) is 0 Å². The SMILES string of the molecule is O=C(CCN1C(=O)CCCC1=O)c1ccccc1. The van der Waals surface area contributed by atoms with E-state index in [1.807, 2.05) is 6.07 Å². The molecule has 2 rings (SSSR count). The maximum atomic E-state index is 11.9. The van der Waals surface area contributed by atoms with Gasteiger partial charge in [-0.3, -0.25) is 19.3 Å². The van der Waals surface area contributed by atoms with E-state index >= 15 is 0 Å². The molecular weight excluding hydrogens is 230 g/mol. The summed E-state index contributed by atoms with van der Waals surface area (Å²) < 4.78 is 0. The number of imide groups is 1. The molecule has 0 aliphatic carbocycles. The Balaban J connectivity index is 1.93. The number of benzene rings is 1. The van der Waals surface area contributed by atoms with Crippen molar-refractivity contribution in [3.8, 4) is 0 Å². The first-order valence-corrected chi connectivity index (χ1v) is 6.10. The number of hydrogen-bond donors (Lipinski definition) is 0. The van der Waals surface area contributed by atoms with E-state index in [9.17, 15) is 14.4 Å². The van der Waals surface area contributed by atoms with Crippen LogP contribution in [-0.2, 0) is 9.59 Å². The van der Waals surface area contributed by atoms with Gasteiger partial charge in [0.05, 0.1) is 0 Å². The van der Waals surface area contributed by atoms with Gasteiger partial charge in [-0.2, -0.15) is 0 Å². The van der Waals surface area contributed by atoms with Gasteiger partial charge in [-0.15, -0.1) is 0 Å². The molecule has 2 amide bonds. The van der Waals surface area contributed by atoms with E-state index < -0.39 is 0 Å². The van der Waals surface area contributed by atoms with E-state index in [1.54, 1.807) is 24.3 Å². The van der Waals surface area contributed by atoms with Crippen molar-refractivity contribution in [3.05, 3.63) is 35.9 Å². The van der Waals surface area contributed by atoms with Gasteiger partial charge in [0.2, 0.25) is 11.8 Å². The van der Waals surface area contributed by atoms with Crippen molar-refractivity contribution < 1.29 is 14.4 Å². The first kappa shape index (κ1) is 12.5. The molecule has 1 aromatic rings. The van der Waals surface area contributed by atoms with Crippen LogP contribution in [0, 0.1) is 0 Å². The van der Waals surface area contributed by atoms with E-state index in [2.05, 4.69) is 0 Å². The van der Waals surface area contributed by atoms with Gasteiger partial charge in [0.1, 0.15) is 0 Å². The summed E-state index contributed by atoms with van der Waals surface area (Å²) in [5.74, 6) is -0.360. The van der Waals surface area contributed by atoms with E-state index in [-0.39, 0.29) is 30.6 Å². The summed E-state index contributed by atoms with van der Waals surface area (Å²) in [5.41, 5.74) is 0.620. The van der Waals surface area contributed by atoms with Crippen LogP contribution in [0.3, 0.4) is 0 Å². The highest BCUT2D eigenvalue weighted by atomic mass is 16.2. The molecule has 4 nitrogen and oxygen atoms in total. The van der Waals surface area contributed by atoms with Crippen LogP contribution in [0.15, 0.2) is 30.3 Å². The van der Waals surface area contributed by atoms with Gasteiger partial charge >= 0.3 is 0 Å². The summed E-state index contributed by atoms with van der Waals surface area (Å²) in [6.45, 7) is 0.200. The van der Waals surface area contributed by atoms with Crippen LogP contribution >= 0.6 is 0 Å². The quantitative estimate of drug-likeness (QED) is 0.600. The van der Waals surface area contributed by atoms with Crippen molar-refractivity contribution in [1.82, 2.24) is 4.90 Å². The molecule has 1 aromatic carbocycles. The Hall–Kier alpha value is -1.97. The zero-order valence-corrected chi connectivity index (χ0v) is 10.1. The van der Waals surface area contributed by atoms with E-state index in [1.165, 1.54) is 4.90 Å². The summed E-state index contributed by atoms with van der Waals surface area (Å²) in [5, 5.41) is 0. The first-order chi connectivity index (χ1) is 8.68. The summed E-state index contributed by atoms with van der Waals surface area (Å²) in [6.07, 6.45) is 1.64. The van der Waals surface area contributed by atoms with Gasteiger partial charge in [-0.1, -0.05) is 30.3 Å². The van der Waals surface area contributed by atoms with Crippen molar-refractivity contribution >= 4 is 17.6 Å². The average Bonchev–Trinajstić information content (AvgIpc) is 2.39. The van der Waals surface area contributed by atoms with Crippen LogP contribution in [0.25, 0.3) is 0 Å². The summed E-state index contributed by atoms with van der Waals surface area (Å²) in [6, 6.07) is 8.91. The zero-order chi connectivity index (χ0) is 13.0. The molecule has 1 aliphatic rings. The third-order valence-corrected chi connectivity index (χ3v) is 3.04. The maximum absolute atomic E-state index is 11.9. The number of Topliss-reactive ketones (excluding diaryl/α,β-unsaturated/α-hetero) is 1. The number of carbonyl (C=O) groups excluding carboxylic acids is 3. The highest BCUT2D eigenvalue weighted by Crippen LogP contribution is 2.13. The predicted octanol–water partition coefficient (Wildman–Crippen LogP) is 1.80. The van der Waals surface area contributed by atoms with Crippen LogP contribution in [0.2, 0.25) is 0 Å². The largest absolute Gasteiger partial charge is 0.294 e. The van der Waals surface area contributed by atoms with Gasteiger partial charge in [-0.25, -0.2) is 0 Å². The molecule has 0 saturated carbocycles.